The third kappa shape index (κ3) is 4.10. The van der Waals surface area contributed by atoms with E-state index < -0.39 is 0 Å². The first-order valence-electron chi connectivity index (χ1n) is 6.43. The molecular formula is C15H17ClN4O. The molecule has 6 heteroatoms. The van der Waals surface area contributed by atoms with E-state index in [1.54, 1.807) is 19.4 Å². The number of rotatable bonds is 4. The lowest BCUT2D eigenvalue weighted by molar-refractivity contribution is 0.409. The average Bonchev–Trinajstić information content (AvgIpc) is 2.48. The molecule has 0 spiro atoms. The number of aryl methyl sites for hydroxylation is 1. The van der Waals surface area contributed by atoms with Gasteiger partial charge in [-0.1, -0.05) is 23.7 Å². The SMILES string of the molecule is COc1cccc(Cl)c1CNC(=N)Nc1ccc(C)cn1. The summed E-state index contributed by atoms with van der Waals surface area (Å²) in [5, 5.41) is 14.3. The summed E-state index contributed by atoms with van der Waals surface area (Å²) < 4.78 is 5.26. The van der Waals surface area contributed by atoms with Crippen LogP contribution in [0.15, 0.2) is 36.5 Å². The highest BCUT2D eigenvalue weighted by Crippen LogP contribution is 2.25. The first-order chi connectivity index (χ1) is 10.1. The second-order valence-corrected chi connectivity index (χ2v) is 4.90. The summed E-state index contributed by atoms with van der Waals surface area (Å²) in [5.41, 5.74) is 1.88. The number of nitrogens with one attached hydrogen (secondary N) is 3. The summed E-state index contributed by atoms with van der Waals surface area (Å²) in [7, 11) is 1.59. The number of guanidine groups is 1. The van der Waals surface area contributed by atoms with Gasteiger partial charge in [-0.25, -0.2) is 4.98 Å². The van der Waals surface area contributed by atoms with Crippen LogP contribution in [0.5, 0.6) is 5.75 Å². The van der Waals surface area contributed by atoms with Crippen molar-refractivity contribution in [1.82, 2.24) is 10.3 Å². The van der Waals surface area contributed by atoms with Crippen LogP contribution < -0.4 is 15.4 Å². The molecule has 0 unspecified atom stereocenters. The standard InChI is InChI=1S/C15H17ClN4O/c1-10-6-7-14(18-8-10)20-15(17)19-9-11-12(16)4-3-5-13(11)21-2/h3-8H,9H2,1-2H3,(H3,17,18,19,20). The molecular weight excluding hydrogens is 288 g/mol. The van der Waals surface area contributed by atoms with Crippen molar-refractivity contribution >= 4 is 23.4 Å². The number of ether oxygens (including phenoxy) is 1. The van der Waals surface area contributed by atoms with Crippen molar-refractivity contribution in [1.29, 1.82) is 5.41 Å². The molecule has 110 valence electrons. The van der Waals surface area contributed by atoms with Crippen LogP contribution in [0.25, 0.3) is 0 Å². The third-order valence-corrected chi connectivity index (χ3v) is 3.26. The van der Waals surface area contributed by atoms with Crippen LogP contribution in [0.2, 0.25) is 5.02 Å². The van der Waals surface area contributed by atoms with Gasteiger partial charge in [0.1, 0.15) is 11.6 Å². The lowest BCUT2D eigenvalue weighted by atomic mass is 10.2. The smallest absolute Gasteiger partial charge is 0.194 e. The van der Waals surface area contributed by atoms with Gasteiger partial charge in [0.2, 0.25) is 0 Å². The zero-order valence-corrected chi connectivity index (χ0v) is 12.7. The Balaban J connectivity index is 1.97. The summed E-state index contributed by atoms with van der Waals surface area (Å²) >= 11 is 6.15. The molecule has 0 amide bonds. The second kappa shape index (κ2) is 6.95. The van der Waals surface area contributed by atoms with E-state index in [4.69, 9.17) is 21.7 Å². The van der Waals surface area contributed by atoms with Crippen molar-refractivity contribution < 1.29 is 4.74 Å². The number of nitrogens with zero attached hydrogens (tertiary/aromatic N) is 1. The van der Waals surface area contributed by atoms with E-state index in [-0.39, 0.29) is 5.96 Å². The lowest BCUT2D eigenvalue weighted by Crippen LogP contribution is -2.29. The fourth-order valence-electron chi connectivity index (χ4n) is 1.79. The highest BCUT2D eigenvalue weighted by molar-refractivity contribution is 6.31. The first-order valence-corrected chi connectivity index (χ1v) is 6.81. The molecule has 2 aromatic rings. The minimum atomic E-state index is 0.147. The maximum absolute atomic E-state index is 7.88. The van der Waals surface area contributed by atoms with Crippen molar-refractivity contribution in [3.8, 4) is 5.75 Å². The molecule has 5 nitrogen and oxygen atoms in total. The van der Waals surface area contributed by atoms with E-state index in [9.17, 15) is 0 Å². The van der Waals surface area contributed by atoms with Crippen molar-refractivity contribution in [2.75, 3.05) is 12.4 Å². The fourth-order valence-corrected chi connectivity index (χ4v) is 2.03. The Bertz CT molecular complexity index is 628. The number of halogens is 1. The largest absolute Gasteiger partial charge is 0.496 e. The van der Waals surface area contributed by atoms with Gasteiger partial charge in [-0.2, -0.15) is 0 Å². The van der Waals surface area contributed by atoms with E-state index in [0.717, 1.165) is 11.1 Å². The second-order valence-electron chi connectivity index (χ2n) is 4.49. The van der Waals surface area contributed by atoms with Gasteiger partial charge in [-0.05, 0) is 30.7 Å². The van der Waals surface area contributed by atoms with Crippen molar-refractivity contribution in [3.05, 3.63) is 52.7 Å². The number of hydrogen-bond acceptors (Lipinski definition) is 3. The summed E-state index contributed by atoms with van der Waals surface area (Å²) in [5.74, 6) is 1.45. The van der Waals surface area contributed by atoms with Crippen molar-refractivity contribution in [2.24, 2.45) is 0 Å². The summed E-state index contributed by atoms with van der Waals surface area (Å²) in [6, 6.07) is 9.20. The van der Waals surface area contributed by atoms with Crippen LogP contribution in [0.1, 0.15) is 11.1 Å². The van der Waals surface area contributed by atoms with Gasteiger partial charge < -0.3 is 15.4 Å². The van der Waals surface area contributed by atoms with E-state index in [2.05, 4.69) is 15.6 Å². The highest BCUT2D eigenvalue weighted by Gasteiger charge is 2.08. The van der Waals surface area contributed by atoms with Gasteiger partial charge in [-0.15, -0.1) is 0 Å². The molecule has 0 saturated heterocycles. The average molecular weight is 305 g/mol. The Kier molecular flexibility index (Phi) is 5.00. The molecule has 0 atom stereocenters. The number of methoxy groups -OCH3 is 1. The molecule has 0 bridgehead atoms. The third-order valence-electron chi connectivity index (χ3n) is 2.90. The predicted molar refractivity (Wildman–Crippen MR) is 85.2 cm³/mol. The van der Waals surface area contributed by atoms with Crippen LogP contribution in [0.4, 0.5) is 5.82 Å². The summed E-state index contributed by atoms with van der Waals surface area (Å²) in [4.78, 5) is 4.18. The molecule has 0 aliphatic carbocycles. The molecule has 0 aliphatic heterocycles. The zero-order chi connectivity index (χ0) is 15.2. The minimum absolute atomic E-state index is 0.147. The van der Waals surface area contributed by atoms with Gasteiger partial charge in [0, 0.05) is 23.3 Å². The van der Waals surface area contributed by atoms with E-state index in [0.29, 0.717) is 23.1 Å². The normalized spacial score (nSPS) is 10.0. The van der Waals surface area contributed by atoms with Crippen LogP contribution in [0, 0.1) is 12.3 Å². The maximum Gasteiger partial charge on any atom is 0.194 e. The summed E-state index contributed by atoms with van der Waals surface area (Å²) in [6.45, 7) is 2.35. The van der Waals surface area contributed by atoms with Gasteiger partial charge in [0.25, 0.3) is 0 Å². The molecule has 0 aliphatic rings. The Morgan fingerprint density at radius 2 is 2.14 bits per heavy atom. The van der Waals surface area contributed by atoms with E-state index in [1.807, 2.05) is 31.2 Å². The van der Waals surface area contributed by atoms with Crippen LogP contribution in [-0.4, -0.2) is 18.1 Å². The molecule has 0 radical (unpaired) electrons. The Labute approximate surface area is 128 Å². The van der Waals surface area contributed by atoms with Crippen molar-refractivity contribution in [2.45, 2.75) is 13.5 Å². The monoisotopic (exact) mass is 304 g/mol. The Morgan fingerprint density at radius 3 is 2.81 bits per heavy atom. The minimum Gasteiger partial charge on any atom is -0.496 e. The lowest BCUT2D eigenvalue weighted by Gasteiger charge is -2.13. The maximum atomic E-state index is 7.88. The molecule has 0 fully saturated rings. The van der Waals surface area contributed by atoms with E-state index >= 15 is 0 Å². The predicted octanol–water partition coefficient (Wildman–Crippen LogP) is 3.19. The molecule has 21 heavy (non-hydrogen) atoms. The van der Waals surface area contributed by atoms with Gasteiger partial charge in [0.15, 0.2) is 5.96 Å². The Hall–Kier alpha value is -2.27. The molecule has 2 rings (SSSR count). The zero-order valence-electron chi connectivity index (χ0n) is 11.9. The number of aromatic nitrogens is 1. The highest BCUT2D eigenvalue weighted by atomic mass is 35.5. The fraction of sp³-hybridized carbons (Fsp3) is 0.200. The number of pyridine rings is 1. The van der Waals surface area contributed by atoms with Gasteiger partial charge in [0.05, 0.1) is 7.11 Å². The molecule has 1 aromatic carbocycles. The first kappa shape index (κ1) is 15.1. The summed E-state index contributed by atoms with van der Waals surface area (Å²) in [6.07, 6.45) is 1.74. The molecule has 0 saturated carbocycles. The number of anilines is 1. The van der Waals surface area contributed by atoms with E-state index in [1.165, 1.54) is 0 Å². The van der Waals surface area contributed by atoms with Crippen LogP contribution >= 0.6 is 11.6 Å². The van der Waals surface area contributed by atoms with Crippen molar-refractivity contribution in [3.63, 3.8) is 0 Å². The number of benzene rings is 1. The van der Waals surface area contributed by atoms with Crippen LogP contribution in [0.3, 0.4) is 0 Å². The molecule has 1 heterocycles. The molecule has 3 N–H and O–H groups in total. The molecule has 1 aromatic heterocycles. The Morgan fingerprint density at radius 1 is 1.33 bits per heavy atom. The quantitative estimate of drug-likeness (QED) is 0.599. The topological polar surface area (TPSA) is 70.0 Å². The van der Waals surface area contributed by atoms with Gasteiger partial charge >= 0.3 is 0 Å². The van der Waals surface area contributed by atoms with Gasteiger partial charge in [-0.3, -0.25) is 5.41 Å². The van der Waals surface area contributed by atoms with Crippen LogP contribution in [-0.2, 0) is 6.54 Å². The number of hydrogen-bond donors (Lipinski definition) is 3.